The van der Waals surface area contributed by atoms with Crippen LogP contribution in [-0.4, -0.2) is 50.7 Å². The maximum Gasteiger partial charge on any atom is 0.343 e. The normalized spacial score (nSPS) is 11.2. The highest BCUT2D eigenvalue weighted by Gasteiger charge is 2.10. The molecule has 0 spiro atoms. The van der Waals surface area contributed by atoms with Crippen LogP contribution in [0.4, 0.5) is 0 Å². The molecule has 0 amide bonds. The van der Waals surface area contributed by atoms with E-state index in [1.807, 2.05) is 50.5 Å². The zero-order valence-corrected chi connectivity index (χ0v) is 29.9. The Morgan fingerprint density at radius 1 is 0.451 bits per heavy atom. The quantitative estimate of drug-likeness (QED) is 0.0353. The third-order valence-electron chi connectivity index (χ3n) is 8.04. The summed E-state index contributed by atoms with van der Waals surface area (Å²) in [6.45, 7) is 6.63. The fourth-order valence-electron chi connectivity index (χ4n) is 5.27. The summed E-state index contributed by atoms with van der Waals surface area (Å²) in [7, 11) is 0. The number of hydrogen-bond donors (Lipinski definition) is 0. The van der Waals surface area contributed by atoms with Crippen molar-refractivity contribution in [2.75, 3.05) is 26.3 Å². The Morgan fingerprint density at radius 2 is 0.765 bits per heavy atom. The second kappa shape index (κ2) is 22.5. The van der Waals surface area contributed by atoms with E-state index in [9.17, 15) is 9.59 Å². The lowest BCUT2D eigenvalue weighted by Gasteiger charge is -2.06. The number of aliphatic imine (C=N–C) groups is 2. The van der Waals surface area contributed by atoms with Crippen LogP contribution in [-0.2, 0) is 0 Å². The first kappa shape index (κ1) is 38.6. The lowest BCUT2D eigenvalue weighted by atomic mass is 10.1. The summed E-state index contributed by atoms with van der Waals surface area (Å²) in [5.74, 6) is 1.66. The molecule has 0 saturated heterocycles. The number of esters is 2. The number of unbranched alkanes of at least 4 members (excludes halogenated alkanes) is 8. The van der Waals surface area contributed by atoms with E-state index in [1.54, 1.807) is 72.8 Å². The van der Waals surface area contributed by atoms with Crippen LogP contribution in [0.2, 0.25) is 0 Å². The average Bonchev–Trinajstić information content (AvgIpc) is 3.15. The first-order valence-electron chi connectivity index (χ1n) is 18.1. The predicted molar refractivity (Wildman–Crippen MR) is 204 cm³/mol. The van der Waals surface area contributed by atoms with Gasteiger partial charge in [-0.05, 0) is 135 Å². The number of ether oxygens (including phenoxy) is 4. The van der Waals surface area contributed by atoms with E-state index in [4.69, 9.17) is 18.9 Å². The summed E-state index contributed by atoms with van der Waals surface area (Å²) in [6.07, 6.45) is 14.6. The van der Waals surface area contributed by atoms with Crippen molar-refractivity contribution in [3.05, 3.63) is 119 Å². The molecule has 4 rings (SSSR count). The second-order valence-corrected chi connectivity index (χ2v) is 12.1. The molecule has 0 heterocycles. The Bertz CT molecular complexity index is 1520. The minimum Gasteiger partial charge on any atom is -0.494 e. The molecule has 268 valence electrons. The van der Waals surface area contributed by atoms with Crippen LogP contribution in [0.15, 0.2) is 107 Å². The summed E-state index contributed by atoms with van der Waals surface area (Å²) in [6, 6.07) is 28.6. The number of nitrogens with zero attached hydrogens (tertiary/aromatic N) is 2. The summed E-state index contributed by atoms with van der Waals surface area (Å²) >= 11 is 0. The summed E-state index contributed by atoms with van der Waals surface area (Å²) in [4.78, 5) is 33.9. The molecular formula is C43H50N2O6. The molecule has 0 fully saturated rings. The highest BCUT2D eigenvalue weighted by molar-refractivity contribution is 5.92. The molecule has 4 aromatic carbocycles. The number of hydrogen-bond acceptors (Lipinski definition) is 8. The first-order valence-corrected chi connectivity index (χ1v) is 18.1. The van der Waals surface area contributed by atoms with E-state index in [2.05, 4.69) is 9.98 Å². The topological polar surface area (TPSA) is 95.8 Å². The monoisotopic (exact) mass is 690 g/mol. The molecule has 0 aromatic heterocycles. The molecule has 4 aromatic rings. The molecule has 0 radical (unpaired) electrons. The van der Waals surface area contributed by atoms with Crippen molar-refractivity contribution in [1.29, 1.82) is 0 Å². The lowest BCUT2D eigenvalue weighted by Crippen LogP contribution is -2.08. The van der Waals surface area contributed by atoms with Gasteiger partial charge in [-0.1, -0.05) is 44.9 Å². The maximum absolute atomic E-state index is 12.4. The molecule has 0 saturated carbocycles. The molecule has 8 nitrogen and oxygen atoms in total. The minimum absolute atomic E-state index is 0.398. The molecule has 0 N–H and O–H groups in total. The Morgan fingerprint density at radius 3 is 1.10 bits per heavy atom. The van der Waals surface area contributed by atoms with Crippen LogP contribution in [0, 0.1) is 0 Å². The molecule has 0 aliphatic heterocycles. The largest absolute Gasteiger partial charge is 0.494 e. The van der Waals surface area contributed by atoms with Crippen LogP contribution >= 0.6 is 0 Å². The van der Waals surface area contributed by atoms with Gasteiger partial charge in [-0.25, -0.2) is 9.59 Å². The van der Waals surface area contributed by atoms with Gasteiger partial charge in [-0.15, -0.1) is 0 Å². The van der Waals surface area contributed by atoms with Gasteiger partial charge in [0.2, 0.25) is 0 Å². The Balaban J connectivity index is 0.969. The molecule has 0 unspecified atom stereocenters. The van der Waals surface area contributed by atoms with Gasteiger partial charge in [0, 0.05) is 25.5 Å². The highest BCUT2D eigenvalue weighted by Crippen LogP contribution is 2.18. The minimum atomic E-state index is -0.398. The fourth-order valence-corrected chi connectivity index (χ4v) is 5.27. The van der Waals surface area contributed by atoms with Crippen LogP contribution in [0.5, 0.6) is 23.0 Å². The van der Waals surface area contributed by atoms with Crippen molar-refractivity contribution in [2.24, 2.45) is 9.98 Å². The van der Waals surface area contributed by atoms with E-state index in [0.29, 0.717) is 35.8 Å². The van der Waals surface area contributed by atoms with Gasteiger partial charge in [0.1, 0.15) is 23.0 Å². The third kappa shape index (κ3) is 14.6. The van der Waals surface area contributed by atoms with Gasteiger partial charge >= 0.3 is 11.9 Å². The number of rotatable bonds is 22. The number of benzene rings is 4. The smallest absolute Gasteiger partial charge is 0.343 e. The molecule has 0 aliphatic rings. The van der Waals surface area contributed by atoms with E-state index in [1.165, 1.54) is 44.9 Å². The van der Waals surface area contributed by atoms with E-state index >= 15 is 0 Å². The highest BCUT2D eigenvalue weighted by atomic mass is 16.5. The van der Waals surface area contributed by atoms with E-state index < -0.39 is 11.9 Å². The lowest BCUT2D eigenvalue weighted by molar-refractivity contribution is 0.0725. The summed E-state index contributed by atoms with van der Waals surface area (Å²) < 4.78 is 21.8. The van der Waals surface area contributed by atoms with Crippen LogP contribution < -0.4 is 18.9 Å². The Labute approximate surface area is 302 Å². The number of carbonyl (C=O) groups excluding carboxylic acids is 2. The third-order valence-corrected chi connectivity index (χ3v) is 8.04. The van der Waals surface area contributed by atoms with Crippen molar-refractivity contribution in [2.45, 2.75) is 71.6 Å². The van der Waals surface area contributed by atoms with Gasteiger partial charge in [0.05, 0.1) is 24.3 Å². The van der Waals surface area contributed by atoms with Crippen molar-refractivity contribution in [3.63, 3.8) is 0 Å². The van der Waals surface area contributed by atoms with Gasteiger partial charge in [0.25, 0.3) is 0 Å². The molecular weight excluding hydrogens is 640 g/mol. The molecule has 0 aliphatic carbocycles. The van der Waals surface area contributed by atoms with Crippen molar-refractivity contribution in [3.8, 4) is 23.0 Å². The van der Waals surface area contributed by atoms with E-state index in [0.717, 1.165) is 48.6 Å². The predicted octanol–water partition coefficient (Wildman–Crippen LogP) is 9.97. The van der Waals surface area contributed by atoms with Crippen molar-refractivity contribution in [1.82, 2.24) is 0 Å². The summed E-state index contributed by atoms with van der Waals surface area (Å²) in [5, 5.41) is 0. The zero-order valence-electron chi connectivity index (χ0n) is 29.9. The van der Waals surface area contributed by atoms with Gasteiger partial charge < -0.3 is 18.9 Å². The van der Waals surface area contributed by atoms with Gasteiger partial charge in [-0.2, -0.15) is 0 Å². The molecule has 0 bridgehead atoms. The molecule has 8 heteroatoms. The Hall–Kier alpha value is -5.24. The van der Waals surface area contributed by atoms with Gasteiger partial charge in [0.15, 0.2) is 0 Å². The average molecular weight is 691 g/mol. The number of carbonyl (C=O) groups is 2. The standard InChI is InChI=1S/C43H50N2O6/c1-3-48-38-26-18-36(19-27-38)42(46)50-40-22-14-34(15-23-40)32-44-30-12-10-8-6-5-7-9-11-13-31-45-33-35-16-24-41(25-17-35)51-43(47)37-20-28-39(29-21-37)49-4-2/h14-29,32-33H,3-13,30-31H2,1-2H3. The van der Waals surface area contributed by atoms with Crippen molar-refractivity contribution >= 4 is 24.4 Å². The second-order valence-electron chi connectivity index (χ2n) is 12.1. The van der Waals surface area contributed by atoms with Crippen molar-refractivity contribution < 1.29 is 28.5 Å². The Kier molecular flexibility index (Phi) is 17.0. The zero-order chi connectivity index (χ0) is 35.9. The fraction of sp³-hybridized carbons (Fsp3) is 0.349. The molecule has 51 heavy (non-hydrogen) atoms. The maximum atomic E-state index is 12.4. The van der Waals surface area contributed by atoms with E-state index in [-0.39, 0.29) is 0 Å². The SMILES string of the molecule is CCOc1ccc(C(=O)Oc2ccc(C=NCCCCCCCCCCCN=Cc3ccc(OC(=O)c4ccc(OCC)cc4)cc3)cc2)cc1. The van der Waals surface area contributed by atoms with Crippen LogP contribution in [0.25, 0.3) is 0 Å². The molecule has 0 atom stereocenters. The summed E-state index contributed by atoms with van der Waals surface area (Å²) in [5.41, 5.74) is 2.92. The van der Waals surface area contributed by atoms with Crippen LogP contribution in [0.3, 0.4) is 0 Å². The first-order chi connectivity index (χ1) is 25.0. The van der Waals surface area contributed by atoms with Gasteiger partial charge in [-0.3, -0.25) is 9.98 Å². The van der Waals surface area contributed by atoms with Crippen LogP contribution in [0.1, 0.15) is 103 Å².